The molecule has 0 radical (unpaired) electrons. The standard InChI is InChI=1S/C12H24N2O2S/c1-8(2)14-6-11(15)10(14)5-9(3)12(16)13-7-17-4/h8-11,15H,5-7H2,1-4H3,(H,13,16). The van der Waals surface area contributed by atoms with E-state index in [-0.39, 0.29) is 24.0 Å². The molecule has 1 rings (SSSR count). The van der Waals surface area contributed by atoms with E-state index in [2.05, 4.69) is 24.1 Å². The highest BCUT2D eigenvalue weighted by Gasteiger charge is 2.40. The van der Waals surface area contributed by atoms with Crippen LogP contribution in [0.2, 0.25) is 0 Å². The van der Waals surface area contributed by atoms with Gasteiger partial charge in [-0.3, -0.25) is 9.69 Å². The minimum Gasteiger partial charge on any atom is -0.390 e. The van der Waals surface area contributed by atoms with Crippen LogP contribution < -0.4 is 5.32 Å². The van der Waals surface area contributed by atoms with Gasteiger partial charge in [-0.25, -0.2) is 0 Å². The van der Waals surface area contributed by atoms with Crippen LogP contribution in [0.1, 0.15) is 27.2 Å². The zero-order chi connectivity index (χ0) is 13.0. The van der Waals surface area contributed by atoms with Crippen LogP contribution >= 0.6 is 11.8 Å². The lowest BCUT2D eigenvalue weighted by Crippen LogP contribution is -2.63. The molecule has 0 aromatic rings. The van der Waals surface area contributed by atoms with Gasteiger partial charge in [-0.1, -0.05) is 6.92 Å². The molecule has 0 saturated carbocycles. The van der Waals surface area contributed by atoms with Crippen LogP contribution in [0, 0.1) is 5.92 Å². The fourth-order valence-electron chi connectivity index (χ4n) is 2.23. The van der Waals surface area contributed by atoms with Crippen LogP contribution in [-0.2, 0) is 4.79 Å². The van der Waals surface area contributed by atoms with Crippen LogP contribution in [0.5, 0.6) is 0 Å². The number of hydrogen-bond acceptors (Lipinski definition) is 4. The second-order valence-electron chi connectivity index (χ2n) is 5.04. The fraction of sp³-hybridized carbons (Fsp3) is 0.917. The average molecular weight is 260 g/mol. The molecule has 3 unspecified atom stereocenters. The number of hydrogen-bond donors (Lipinski definition) is 2. The molecule has 5 heteroatoms. The van der Waals surface area contributed by atoms with Crippen molar-refractivity contribution < 1.29 is 9.90 Å². The zero-order valence-electron chi connectivity index (χ0n) is 11.1. The van der Waals surface area contributed by atoms with E-state index in [1.165, 1.54) is 0 Å². The van der Waals surface area contributed by atoms with Crippen LogP contribution in [0.15, 0.2) is 0 Å². The summed E-state index contributed by atoms with van der Waals surface area (Å²) in [6.45, 7) is 6.91. The largest absolute Gasteiger partial charge is 0.390 e. The summed E-state index contributed by atoms with van der Waals surface area (Å²) in [5.74, 6) is 0.704. The Morgan fingerprint density at radius 3 is 2.65 bits per heavy atom. The molecular formula is C12H24N2O2S. The highest BCUT2D eigenvalue weighted by Crippen LogP contribution is 2.26. The topological polar surface area (TPSA) is 52.6 Å². The monoisotopic (exact) mass is 260 g/mol. The van der Waals surface area contributed by atoms with Gasteiger partial charge >= 0.3 is 0 Å². The molecule has 2 N–H and O–H groups in total. The molecule has 3 atom stereocenters. The minimum absolute atomic E-state index is 0.0386. The van der Waals surface area contributed by atoms with Crippen LogP contribution in [0.3, 0.4) is 0 Å². The fourth-order valence-corrected chi connectivity index (χ4v) is 2.52. The van der Waals surface area contributed by atoms with Crippen molar-refractivity contribution >= 4 is 17.7 Å². The molecule has 1 aliphatic heterocycles. The third-order valence-electron chi connectivity index (χ3n) is 3.36. The Morgan fingerprint density at radius 1 is 1.53 bits per heavy atom. The summed E-state index contributed by atoms with van der Waals surface area (Å²) in [7, 11) is 0. The molecule has 1 saturated heterocycles. The highest BCUT2D eigenvalue weighted by molar-refractivity contribution is 7.98. The summed E-state index contributed by atoms with van der Waals surface area (Å²) in [5, 5.41) is 12.6. The predicted molar refractivity (Wildman–Crippen MR) is 71.9 cm³/mol. The minimum atomic E-state index is -0.270. The SMILES string of the molecule is CSCNC(=O)C(C)CC1C(O)CN1C(C)C. The molecule has 1 fully saturated rings. The summed E-state index contributed by atoms with van der Waals surface area (Å²) in [6.07, 6.45) is 2.42. The Balaban J connectivity index is 2.39. The number of nitrogens with zero attached hydrogens (tertiary/aromatic N) is 1. The maximum atomic E-state index is 11.7. The Hall–Kier alpha value is -0.260. The van der Waals surface area contributed by atoms with Gasteiger partial charge in [-0.15, -0.1) is 11.8 Å². The number of amides is 1. The molecule has 0 spiro atoms. The van der Waals surface area contributed by atoms with E-state index in [4.69, 9.17) is 0 Å². The van der Waals surface area contributed by atoms with Crippen LogP contribution in [0.25, 0.3) is 0 Å². The summed E-state index contributed by atoms with van der Waals surface area (Å²) < 4.78 is 0. The third-order valence-corrected chi connectivity index (χ3v) is 3.80. The first-order valence-electron chi connectivity index (χ1n) is 6.17. The molecule has 0 bridgehead atoms. The van der Waals surface area contributed by atoms with Gasteiger partial charge in [0.25, 0.3) is 0 Å². The van der Waals surface area contributed by atoms with Gasteiger partial charge in [0.2, 0.25) is 5.91 Å². The van der Waals surface area contributed by atoms with E-state index < -0.39 is 0 Å². The summed E-state index contributed by atoms with van der Waals surface area (Å²) in [4.78, 5) is 14.0. The van der Waals surface area contributed by atoms with Gasteiger partial charge < -0.3 is 10.4 Å². The van der Waals surface area contributed by atoms with Crippen LogP contribution in [-0.4, -0.2) is 52.8 Å². The van der Waals surface area contributed by atoms with E-state index in [1.807, 2.05) is 13.2 Å². The second-order valence-corrected chi connectivity index (χ2v) is 5.90. The van der Waals surface area contributed by atoms with Crippen LogP contribution in [0.4, 0.5) is 0 Å². The van der Waals surface area contributed by atoms with Crippen molar-refractivity contribution in [2.24, 2.45) is 5.92 Å². The number of β-amino-alcohol motifs (C(OH)–C–C–N with tert-alkyl or cyclic N) is 1. The molecule has 4 nitrogen and oxygen atoms in total. The third kappa shape index (κ3) is 3.86. The first-order chi connectivity index (χ1) is 7.97. The van der Waals surface area contributed by atoms with Gasteiger partial charge in [0.15, 0.2) is 0 Å². The van der Waals surface area contributed by atoms with Gasteiger partial charge in [0.05, 0.1) is 12.0 Å². The Kier molecular flexibility index (Phi) is 5.76. The lowest BCUT2D eigenvalue weighted by molar-refractivity contribution is -0.128. The average Bonchev–Trinajstić information content (AvgIpc) is 2.28. The number of carbonyl (C=O) groups is 1. The number of nitrogens with one attached hydrogen (secondary N) is 1. The zero-order valence-corrected chi connectivity index (χ0v) is 12.0. The quantitative estimate of drug-likeness (QED) is 0.697. The van der Waals surface area contributed by atoms with Gasteiger partial charge in [-0.2, -0.15) is 0 Å². The van der Waals surface area contributed by atoms with Crippen molar-refractivity contribution in [3.8, 4) is 0 Å². The van der Waals surface area contributed by atoms with Crippen molar-refractivity contribution in [3.63, 3.8) is 0 Å². The van der Waals surface area contributed by atoms with Gasteiger partial charge in [-0.05, 0) is 26.5 Å². The highest BCUT2D eigenvalue weighted by atomic mass is 32.2. The van der Waals surface area contributed by atoms with E-state index >= 15 is 0 Å². The number of aliphatic hydroxyl groups is 1. The summed E-state index contributed by atoms with van der Waals surface area (Å²) >= 11 is 1.60. The van der Waals surface area contributed by atoms with E-state index in [9.17, 15) is 9.90 Å². The van der Waals surface area contributed by atoms with Crippen molar-refractivity contribution in [3.05, 3.63) is 0 Å². The molecule has 0 aromatic heterocycles. The van der Waals surface area contributed by atoms with E-state index in [0.29, 0.717) is 11.9 Å². The Bertz CT molecular complexity index is 261. The Morgan fingerprint density at radius 2 is 2.18 bits per heavy atom. The Labute approximate surface area is 108 Å². The lowest BCUT2D eigenvalue weighted by Gasteiger charge is -2.48. The second kappa shape index (κ2) is 6.61. The number of likely N-dealkylation sites (tertiary alicyclic amines) is 1. The summed E-state index contributed by atoms with van der Waals surface area (Å²) in [5.41, 5.74) is 0. The first-order valence-corrected chi connectivity index (χ1v) is 7.57. The normalized spacial score (nSPS) is 26.7. The predicted octanol–water partition coefficient (Wildman–Crippen LogP) is 0.903. The van der Waals surface area contributed by atoms with Crippen molar-refractivity contribution in [1.29, 1.82) is 0 Å². The number of aliphatic hydroxyl groups excluding tert-OH is 1. The molecule has 0 aromatic carbocycles. The van der Waals surface area contributed by atoms with E-state index in [1.54, 1.807) is 11.8 Å². The molecule has 0 aliphatic carbocycles. The number of rotatable bonds is 6. The number of carbonyl (C=O) groups excluding carboxylic acids is 1. The smallest absolute Gasteiger partial charge is 0.223 e. The van der Waals surface area contributed by atoms with E-state index in [0.717, 1.165) is 13.0 Å². The van der Waals surface area contributed by atoms with Crippen molar-refractivity contribution in [2.75, 3.05) is 18.7 Å². The van der Waals surface area contributed by atoms with Crippen molar-refractivity contribution in [1.82, 2.24) is 10.2 Å². The van der Waals surface area contributed by atoms with Crippen molar-refractivity contribution in [2.45, 2.75) is 45.4 Å². The molecule has 1 aliphatic rings. The van der Waals surface area contributed by atoms with Gasteiger partial charge in [0.1, 0.15) is 0 Å². The molecule has 100 valence electrons. The molecule has 1 amide bonds. The molecule has 1 heterocycles. The maximum absolute atomic E-state index is 11.7. The number of thioether (sulfide) groups is 1. The van der Waals surface area contributed by atoms with Gasteiger partial charge in [0, 0.05) is 24.5 Å². The maximum Gasteiger partial charge on any atom is 0.223 e. The molecule has 17 heavy (non-hydrogen) atoms. The lowest BCUT2D eigenvalue weighted by atomic mass is 9.88. The molecular weight excluding hydrogens is 236 g/mol. The first kappa shape index (κ1) is 14.8. The summed E-state index contributed by atoms with van der Waals surface area (Å²) in [6, 6.07) is 0.579.